The second-order valence-electron chi connectivity index (χ2n) is 2.28. The third kappa shape index (κ3) is 8.13. The summed E-state index contributed by atoms with van der Waals surface area (Å²) in [6, 6.07) is 0. The van der Waals surface area contributed by atoms with Crippen LogP contribution in [0.5, 0.6) is 0 Å². The first kappa shape index (κ1) is 11.2. The number of aliphatic hydroxyl groups is 1. The molecule has 0 aliphatic rings. The van der Waals surface area contributed by atoms with Gasteiger partial charge in [0.2, 0.25) is 0 Å². The maximum Gasteiger partial charge on any atom is 0.0670 e. The van der Waals surface area contributed by atoms with Crippen molar-refractivity contribution in [1.82, 2.24) is 0 Å². The molecule has 0 aliphatic carbocycles. The van der Waals surface area contributed by atoms with Gasteiger partial charge in [0.25, 0.3) is 0 Å². The molecule has 0 heterocycles. The summed E-state index contributed by atoms with van der Waals surface area (Å²) in [5.74, 6) is 1.95. The van der Waals surface area contributed by atoms with E-state index in [9.17, 15) is 0 Å². The molecule has 68 valence electrons. The van der Waals surface area contributed by atoms with Crippen molar-refractivity contribution >= 4 is 11.8 Å². The van der Waals surface area contributed by atoms with Gasteiger partial charge in [-0.2, -0.15) is 11.8 Å². The first-order valence-electron chi connectivity index (χ1n) is 3.76. The van der Waals surface area contributed by atoms with Gasteiger partial charge in [-0.1, -0.05) is 0 Å². The van der Waals surface area contributed by atoms with E-state index in [1.165, 1.54) is 0 Å². The lowest BCUT2D eigenvalue weighted by Gasteiger charge is -2.05. The number of aliphatic hydroxyl groups excluding tert-OH is 1. The lowest BCUT2D eigenvalue weighted by atomic mass is 10.3. The predicted molar refractivity (Wildman–Crippen MR) is 48.9 cm³/mol. The highest BCUT2D eigenvalue weighted by Crippen LogP contribution is 2.03. The molecule has 0 aromatic rings. The first-order valence-corrected chi connectivity index (χ1v) is 4.91. The van der Waals surface area contributed by atoms with Crippen molar-refractivity contribution in [2.45, 2.75) is 12.5 Å². The van der Waals surface area contributed by atoms with Crippen molar-refractivity contribution in [3.63, 3.8) is 0 Å². The Kier molecular flexibility index (Phi) is 8.50. The van der Waals surface area contributed by atoms with E-state index >= 15 is 0 Å². The Labute approximate surface area is 72.3 Å². The van der Waals surface area contributed by atoms with Crippen LogP contribution < -0.4 is 5.73 Å². The molecule has 0 aromatic carbocycles. The average molecular weight is 179 g/mol. The summed E-state index contributed by atoms with van der Waals surface area (Å²) in [4.78, 5) is 0. The average Bonchev–Trinajstić information content (AvgIpc) is 2.04. The van der Waals surface area contributed by atoms with Crippen LogP contribution in [-0.4, -0.2) is 43.0 Å². The van der Waals surface area contributed by atoms with E-state index in [-0.39, 0.29) is 6.10 Å². The van der Waals surface area contributed by atoms with Gasteiger partial charge in [0, 0.05) is 19.4 Å². The summed E-state index contributed by atoms with van der Waals surface area (Å²) in [7, 11) is 1.69. The molecule has 1 atom stereocenters. The zero-order chi connectivity index (χ0) is 8.53. The molecule has 0 radical (unpaired) electrons. The minimum Gasteiger partial charge on any atom is -0.392 e. The number of rotatable bonds is 7. The minimum atomic E-state index is -0.329. The van der Waals surface area contributed by atoms with Gasteiger partial charge in [0.1, 0.15) is 0 Å². The third-order valence-corrected chi connectivity index (χ3v) is 2.28. The maximum atomic E-state index is 9.04. The summed E-state index contributed by atoms with van der Waals surface area (Å²) in [6.07, 6.45) is 0.454. The SMILES string of the molecule is COCCSCCC(O)CN. The van der Waals surface area contributed by atoms with Crippen LogP contribution in [0.3, 0.4) is 0 Å². The second kappa shape index (κ2) is 8.33. The van der Waals surface area contributed by atoms with Crippen molar-refractivity contribution in [2.24, 2.45) is 5.73 Å². The molecule has 11 heavy (non-hydrogen) atoms. The molecule has 0 rings (SSSR count). The van der Waals surface area contributed by atoms with Crippen LogP contribution in [0.15, 0.2) is 0 Å². The monoisotopic (exact) mass is 179 g/mol. The first-order chi connectivity index (χ1) is 5.31. The van der Waals surface area contributed by atoms with E-state index in [2.05, 4.69) is 0 Å². The van der Waals surface area contributed by atoms with Crippen molar-refractivity contribution in [2.75, 3.05) is 31.8 Å². The second-order valence-corrected chi connectivity index (χ2v) is 3.51. The smallest absolute Gasteiger partial charge is 0.0670 e. The van der Waals surface area contributed by atoms with Crippen molar-refractivity contribution < 1.29 is 9.84 Å². The molecule has 1 unspecified atom stereocenters. The zero-order valence-electron chi connectivity index (χ0n) is 6.95. The largest absolute Gasteiger partial charge is 0.392 e. The molecular formula is C7H17NO2S. The Balaban J connectivity index is 2.89. The molecule has 4 heteroatoms. The van der Waals surface area contributed by atoms with Gasteiger partial charge < -0.3 is 15.6 Å². The fourth-order valence-electron chi connectivity index (χ4n) is 0.582. The van der Waals surface area contributed by atoms with Crippen LogP contribution in [0, 0.1) is 0 Å². The van der Waals surface area contributed by atoms with E-state index in [0.717, 1.165) is 24.5 Å². The standard InChI is InChI=1S/C7H17NO2S/c1-10-3-5-11-4-2-7(9)6-8/h7,9H,2-6,8H2,1H3. The highest BCUT2D eigenvalue weighted by atomic mass is 32.2. The van der Waals surface area contributed by atoms with E-state index in [1.807, 2.05) is 0 Å². The Morgan fingerprint density at radius 1 is 1.55 bits per heavy atom. The van der Waals surface area contributed by atoms with E-state index in [1.54, 1.807) is 18.9 Å². The summed E-state index contributed by atoms with van der Waals surface area (Å²) >= 11 is 1.78. The molecule has 0 amide bonds. The molecule has 0 spiro atoms. The van der Waals surface area contributed by atoms with E-state index in [4.69, 9.17) is 15.6 Å². The van der Waals surface area contributed by atoms with E-state index < -0.39 is 0 Å². The number of thioether (sulfide) groups is 1. The Morgan fingerprint density at radius 2 is 2.27 bits per heavy atom. The van der Waals surface area contributed by atoms with Gasteiger partial charge in [0.05, 0.1) is 12.7 Å². The fraction of sp³-hybridized carbons (Fsp3) is 1.00. The highest BCUT2D eigenvalue weighted by molar-refractivity contribution is 7.99. The van der Waals surface area contributed by atoms with Crippen LogP contribution in [0.1, 0.15) is 6.42 Å². The molecule has 0 saturated carbocycles. The zero-order valence-corrected chi connectivity index (χ0v) is 7.77. The molecule has 0 aliphatic heterocycles. The van der Waals surface area contributed by atoms with Crippen LogP contribution >= 0.6 is 11.8 Å². The van der Waals surface area contributed by atoms with Gasteiger partial charge in [-0.25, -0.2) is 0 Å². The number of hydrogen-bond acceptors (Lipinski definition) is 4. The molecular weight excluding hydrogens is 162 g/mol. The Morgan fingerprint density at radius 3 is 2.82 bits per heavy atom. The van der Waals surface area contributed by atoms with Gasteiger partial charge in [-0.3, -0.25) is 0 Å². The number of hydrogen-bond donors (Lipinski definition) is 2. The van der Waals surface area contributed by atoms with Crippen LogP contribution in [0.25, 0.3) is 0 Å². The molecule has 0 aromatic heterocycles. The normalized spacial score (nSPS) is 13.4. The molecule has 3 N–H and O–H groups in total. The molecule has 0 saturated heterocycles. The predicted octanol–water partition coefficient (Wildman–Crippen LogP) is 0.0757. The van der Waals surface area contributed by atoms with Crippen molar-refractivity contribution in [3.05, 3.63) is 0 Å². The maximum absolute atomic E-state index is 9.04. The number of nitrogens with two attached hydrogens (primary N) is 1. The minimum absolute atomic E-state index is 0.329. The number of methoxy groups -OCH3 is 1. The quantitative estimate of drug-likeness (QED) is 0.543. The fourth-order valence-corrected chi connectivity index (χ4v) is 1.51. The van der Waals surface area contributed by atoms with Crippen LogP contribution in [0.4, 0.5) is 0 Å². The van der Waals surface area contributed by atoms with Gasteiger partial charge in [-0.15, -0.1) is 0 Å². The molecule has 3 nitrogen and oxygen atoms in total. The summed E-state index contributed by atoms with van der Waals surface area (Å²) in [6.45, 7) is 1.15. The van der Waals surface area contributed by atoms with Crippen LogP contribution in [0.2, 0.25) is 0 Å². The lowest BCUT2D eigenvalue weighted by Crippen LogP contribution is -2.20. The summed E-state index contributed by atoms with van der Waals surface area (Å²) in [5, 5.41) is 9.04. The van der Waals surface area contributed by atoms with Gasteiger partial charge in [-0.05, 0) is 12.2 Å². The van der Waals surface area contributed by atoms with E-state index in [0.29, 0.717) is 6.54 Å². The highest BCUT2D eigenvalue weighted by Gasteiger charge is 1.99. The summed E-state index contributed by atoms with van der Waals surface area (Å²) in [5.41, 5.74) is 5.23. The van der Waals surface area contributed by atoms with Gasteiger partial charge in [0.15, 0.2) is 0 Å². The third-order valence-electron chi connectivity index (χ3n) is 1.30. The lowest BCUT2D eigenvalue weighted by molar-refractivity contribution is 0.180. The number of ether oxygens (including phenoxy) is 1. The topological polar surface area (TPSA) is 55.5 Å². The van der Waals surface area contributed by atoms with Crippen molar-refractivity contribution in [1.29, 1.82) is 0 Å². The van der Waals surface area contributed by atoms with Crippen molar-refractivity contribution in [3.8, 4) is 0 Å². The van der Waals surface area contributed by atoms with Gasteiger partial charge >= 0.3 is 0 Å². The molecule has 0 bridgehead atoms. The Bertz CT molecular complexity index is 82.8. The summed E-state index contributed by atoms with van der Waals surface area (Å²) < 4.78 is 4.87. The molecule has 0 fully saturated rings. The van der Waals surface area contributed by atoms with Crippen LogP contribution in [-0.2, 0) is 4.74 Å². The Hall–Kier alpha value is 0.230.